The number of hydrogen-bond acceptors (Lipinski definition) is 6. The number of benzene rings is 1. The van der Waals surface area contributed by atoms with Crippen LogP contribution in [0.4, 0.5) is 0 Å². The molecular weight excluding hydrogens is 294 g/mol. The molecule has 0 saturated carbocycles. The maximum Gasteiger partial charge on any atom is 0.153 e. The van der Waals surface area contributed by atoms with Crippen molar-refractivity contribution in [2.45, 2.75) is 19.1 Å². The second-order valence-electron chi connectivity index (χ2n) is 4.77. The molecule has 0 amide bonds. The van der Waals surface area contributed by atoms with Crippen molar-refractivity contribution < 1.29 is 23.0 Å². The minimum atomic E-state index is -3.29. The van der Waals surface area contributed by atoms with Crippen molar-refractivity contribution >= 4 is 9.84 Å². The van der Waals surface area contributed by atoms with Gasteiger partial charge in [-0.15, -0.1) is 0 Å². The van der Waals surface area contributed by atoms with Gasteiger partial charge in [0.1, 0.15) is 18.5 Å². The van der Waals surface area contributed by atoms with Gasteiger partial charge in [-0.3, -0.25) is 0 Å². The first-order valence-electron chi connectivity index (χ1n) is 6.76. The van der Waals surface area contributed by atoms with E-state index in [0.29, 0.717) is 25.3 Å². The second-order valence-corrected chi connectivity index (χ2v) is 7.00. The fraction of sp³-hybridized carbons (Fsp3) is 0.571. The summed E-state index contributed by atoms with van der Waals surface area (Å²) in [6, 6.07) is 7.12. The maximum absolute atomic E-state index is 11.7. The van der Waals surface area contributed by atoms with Crippen molar-refractivity contribution in [3.05, 3.63) is 29.8 Å². The van der Waals surface area contributed by atoms with Crippen LogP contribution in [0, 0.1) is 0 Å². The number of hydrogen-bond donors (Lipinski definition) is 2. The van der Waals surface area contributed by atoms with Crippen LogP contribution in [0.2, 0.25) is 0 Å². The van der Waals surface area contributed by atoms with E-state index in [1.54, 1.807) is 12.1 Å². The Bertz CT molecular complexity index is 501. The Labute approximate surface area is 125 Å². The van der Waals surface area contributed by atoms with E-state index in [2.05, 4.69) is 0 Å². The summed E-state index contributed by atoms with van der Waals surface area (Å²) in [5.41, 5.74) is 6.46. The van der Waals surface area contributed by atoms with E-state index >= 15 is 0 Å². The van der Waals surface area contributed by atoms with Gasteiger partial charge < -0.3 is 20.3 Å². The van der Waals surface area contributed by atoms with Crippen molar-refractivity contribution in [2.75, 3.05) is 31.8 Å². The van der Waals surface area contributed by atoms with Crippen LogP contribution in [0.1, 0.15) is 12.0 Å². The highest BCUT2D eigenvalue weighted by molar-refractivity contribution is 7.91. The predicted octanol–water partition coefficient (Wildman–Crippen LogP) is 0.336. The number of rotatable bonds is 10. The molecule has 6 nitrogen and oxygen atoms in total. The molecule has 1 atom stereocenters. The van der Waals surface area contributed by atoms with Gasteiger partial charge in [0, 0.05) is 20.3 Å². The molecule has 1 aromatic carbocycles. The average molecular weight is 317 g/mol. The molecule has 0 spiro atoms. The van der Waals surface area contributed by atoms with E-state index in [-0.39, 0.29) is 18.1 Å². The molecule has 3 N–H and O–H groups in total. The first-order chi connectivity index (χ1) is 9.96. The minimum Gasteiger partial charge on any atom is -0.491 e. The van der Waals surface area contributed by atoms with E-state index in [1.165, 1.54) is 7.11 Å². The Morgan fingerprint density at radius 2 is 1.95 bits per heavy atom. The number of sulfone groups is 1. The fourth-order valence-corrected chi connectivity index (χ4v) is 3.17. The van der Waals surface area contributed by atoms with Crippen LogP contribution in [0.5, 0.6) is 5.75 Å². The summed E-state index contributed by atoms with van der Waals surface area (Å²) in [5.74, 6) is 0.267. The zero-order valence-corrected chi connectivity index (χ0v) is 13.0. The first-order valence-corrected chi connectivity index (χ1v) is 8.58. The molecule has 7 heteroatoms. The minimum absolute atomic E-state index is 0.00307. The van der Waals surface area contributed by atoms with Gasteiger partial charge >= 0.3 is 0 Å². The van der Waals surface area contributed by atoms with Gasteiger partial charge in [-0.2, -0.15) is 0 Å². The first kappa shape index (κ1) is 17.9. The quantitative estimate of drug-likeness (QED) is 0.604. The third kappa shape index (κ3) is 7.42. The molecule has 0 bridgehead atoms. The monoisotopic (exact) mass is 317 g/mol. The van der Waals surface area contributed by atoms with Crippen molar-refractivity contribution in [1.29, 1.82) is 0 Å². The van der Waals surface area contributed by atoms with Crippen LogP contribution in [-0.2, 0) is 21.1 Å². The molecule has 0 saturated heterocycles. The Kier molecular flexibility index (Phi) is 7.66. The molecule has 0 fully saturated rings. The lowest BCUT2D eigenvalue weighted by molar-refractivity contribution is 0.125. The lowest BCUT2D eigenvalue weighted by atomic mass is 10.2. The highest BCUT2D eigenvalue weighted by atomic mass is 32.2. The molecule has 0 aliphatic rings. The molecule has 0 aromatic heterocycles. The summed E-state index contributed by atoms with van der Waals surface area (Å²) in [7, 11) is -1.78. The number of aliphatic hydroxyl groups excluding tert-OH is 1. The van der Waals surface area contributed by atoms with Gasteiger partial charge in [0.05, 0.1) is 11.5 Å². The van der Waals surface area contributed by atoms with Crippen LogP contribution in [0.3, 0.4) is 0 Å². The Balaban J connectivity index is 2.37. The molecule has 1 aromatic rings. The van der Waals surface area contributed by atoms with Gasteiger partial charge in [0.15, 0.2) is 9.84 Å². The fourth-order valence-electron chi connectivity index (χ4n) is 1.76. The van der Waals surface area contributed by atoms with Crippen LogP contribution >= 0.6 is 0 Å². The zero-order chi connectivity index (χ0) is 15.7. The smallest absolute Gasteiger partial charge is 0.153 e. The van der Waals surface area contributed by atoms with Crippen molar-refractivity contribution in [3.63, 3.8) is 0 Å². The summed E-state index contributed by atoms with van der Waals surface area (Å²) in [6.45, 7) is 0.771. The van der Waals surface area contributed by atoms with Crippen molar-refractivity contribution in [3.8, 4) is 5.75 Å². The molecule has 1 unspecified atom stereocenters. The Morgan fingerprint density at radius 1 is 1.29 bits per heavy atom. The second kappa shape index (κ2) is 8.99. The number of methoxy groups -OCH3 is 1. The van der Waals surface area contributed by atoms with E-state index in [1.807, 2.05) is 12.1 Å². The maximum atomic E-state index is 11.7. The molecule has 21 heavy (non-hydrogen) atoms. The van der Waals surface area contributed by atoms with E-state index < -0.39 is 15.9 Å². The molecule has 1 rings (SSSR count). The lowest BCUT2D eigenvalue weighted by Crippen LogP contribution is -2.28. The van der Waals surface area contributed by atoms with Gasteiger partial charge in [-0.05, 0) is 24.1 Å². The highest BCUT2D eigenvalue weighted by Crippen LogP contribution is 2.12. The van der Waals surface area contributed by atoms with Crippen LogP contribution in [0.25, 0.3) is 0 Å². The largest absolute Gasteiger partial charge is 0.491 e. The molecule has 0 radical (unpaired) electrons. The normalized spacial score (nSPS) is 13.1. The van der Waals surface area contributed by atoms with Crippen molar-refractivity contribution in [2.24, 2.45) is 5.73 Å². The van der Waals surface area contributed by atoms with E-state index in [9.17, 15) is 13.5 Å². The van der Waals surface area contributed by atoms with E-state index in [4.69, 9.17) is 15.2 Å². The zero-order valence-electron chi connectivity index (χ0n) is 12.2. The molecule has 120 valence electrons. The van der Waals surface area contributed by atoms with Gasteiger partial charge in [0.2, 0.25) is 0 Å². The summed E-state index contributed by atoms with van der Waals surface area (Å²) >= 11 is 0. The SMILES string of the molecule is COCCCS(=O)(=O)CC(O)COc1ccc(CN)cc1. The van der Waals surface area contributed by atoms with Gasteiger partial charge in [0.25, 0.3) is 0 Å². The van der Waals surface area contributed by atoms with Crippen LogP contribution < -0.4 is 10.5 Å². The van der Waals surface area contributed by atoms with Gasteiger partial charge in [-0.25, -0.2) is 8.42 Å². The summed E-state index contributed by atoms with van der Waals surface area (Å²) in [4.78, 5) is 0. The molecule has 0 aliphatic carbocycles. The Hall–Kier alpha value is -1.15. The van der Waals surface area contributed by atoms with Crippen molar-refractivity contribution in [1.82, 2.24) is 0 Å². The third-order valence-electron chi connectivity index (χ3n) is 2.85. The number of ether oxygens (including phenoxy) is 2. The summed E-state index contributed by atoms with van der Waals surface area (Å²) < 4.78 is 33.6. The van der Waals surface area contributed by atoms with Crippen LogP contribution in [-0.4, -0.2) is 51.5 Å². The number of nitrogens with two attached hydrogens (primary N) is 1. The summed E-state index contributed by atoms with van der Waals surface area (Å²) in [5, 5.41) is 9.75. The number of aliphatic hydroxyl groups is 1. The molecule has 0 heterocycles. The third-order valence-corrected chi connectivity index (χ3v) is 4.65. The standard InChI is InChI=1S/C14H23NO5S/c1-19-7-2-8-21(17,18)11-13(16)10-20-14-5-3-12(9-15)4-6-14/h3-6,13,16H,2,7-11,15H2,1H3. The highest BCUT2D eigenvalue weighted by Gasteiger charge is 2.17. The molecule has 0 aliphatic heterocycles. The van der Waals surface area contributed by atoms with Crippen LogP contribution in [0.15, 0.2) is 24.3 Å². The topological polar surface area (TPSA) is 98.9 Å². The lowest BCUT2D eigenvalue weighted by Gasteiger charge is -2.13. The predicted molar refractivity (Wildman–Crippen MR) is 81.0 cm³/mol. The summed E-state index contributed by atoms with van der Waals surface area (Å²) in [6.07, 6.45) is -0.626. The van der Waals surface area contributed by atoms with E-state index in [0.717, 1.165) is 5.56 Å². The van der Waals surface area contributed by atoms with Gasteiger partial charge in [-0.1, -0.05) is 12.1 Å². The Morgan fingerprint density at radius 3 is 2.52 bits per heavy atom. The average Bonchev–Trinajstić information content (AvgIpc) is 2.45. The molecular formula is C14H23NO5S.